The van der Waals surface area contributed by atoms with Crippen LogP contribution in [0.3, 0.4) is 0 Å². The van der Waals surface area contributed by atoms with Crippen molar-refractivity contribution in [3.63, 3.8) is 0 Å². The molecular formula is C23H30N4O5. The Labute approximate surface area is 187 Å². The fourth-order valence-corrected chi connectivity index (χ4v) is 4.14. The maximum Gasteiger partial charge on any atom is 0.253 e. The molecule has 0 spiro atoms. The number of likely N-dealkylation sites (tertiary alicyclic amines) is 1. The zero-order valence-electron chi connectivity index (χ0n) is 18.4. The van der Waals surface area contributed by atoms with Gasteiger partial charge in [0.25, 0.3) is 5.91 Å². The molecule has 172 valence electrons. The van der Waals surface area contributed by atoms with Crippen LogP contribution in [0.25, 0.3) is 0 Å². The molecule has 2 aliphatic rings. The lowest BCUT2D eigenvalue weighted by atomic mass is 10.0. The molecule has 3 heterocycles. The summed E-state index contributed by atoms with van der Waals surface area (Å²) in [5.74, 6) is 1.49. The molecule has 0 bridgehead atoms. The van der Waals surface area contributed by atoms with Gasteiger partial charge in [-0.1, -0.05) is 5.16 Å². The van der Waals surface area contributed by atoms with Gasteiger partial charge in [-0.3, -0.25) is 9.59 Å². The lowest BCUT2D eigenvalue weighted by Crippen LogP contribution is -2.43. The Morgan fingerprint density at radius 2 is 1.97 bits per heavy atom. The van der Waals surface area contributed by atoms with E-state index in [2.05, 4.69) is 15.5 Å². The molecular weight excluding hydrogens is 412 g/mol. The van der Waals surface area contributed by atoms with Crippen molar-refractivity contribution >= 4 is 17.5 Å². The third kappa shape index (κ3) is 5.92. The first-order valence-corrected chi connectivity index (χ1v) is 11.3. The van der Waals surface area contributed by atoms with Crippen LogP contribution >= 0.6 is 0 Å². The summed E-state index contributed by atoms with van der Waals surface area (Å²) in [6.45, 7) is 4.70. The predicted molar refractivity (Wildman–Crippen MR) is 116 cm³/mol. The maximum absolute atomic E-state index is 12.9. The average molecular weight is 443 g/mol. The number of rotatable bonds is 7. The van der Waals surface area contributed by atoms with Crippen LogP contribution in [0, 0.1) is 0 Å². The minimum Gasteiger partial charge on any atom is -0.381 e. The Bertz CT molecular complexity index is 907. The van der Waals surface area contributed by atoms with Gasteiger partial charge in [-0.25, -0.2) is 0 Å². The SMILES string of the molecule is CC(=O)Nc1ccc(C(=O)N2CCCC(OCCc3noc(C4CCOCC4)n3)C2)cc1. The van der Waals surface area contributed by atoms with Gasteiger partial charge in [0.05, 0.1) is 12.7 Å². The number of aromatic nitrogens is 2. The Balaban J connectivity index is 1.24. The molecule has 32 heavy (non-hydrogen) atoms. The van der Waals surface area contributed by atoms with Gasteiger partial charge in [0, 0.05) is 56.8 Å². The quantitative estimate of drug-likeness (QED) is 0.703. The molecule has 0 radical (unpaired) electrons. The van der Waals surface area contributed by atoms with Gasteiger partial charge >= 0.3 is 0 Å². The van der Waals surface area contributed by atoms with Crippen LogP contribution in [0.15, 0.2) is 28.8 Å². The van der Waals surface area contributed by atoms with Crippen molar-refractivity contribution in [2.75, 3.05) is 38.2 Å². The van der Waals surface area contributed by atoms with Crippen LogP contribution in [0.2, 0.25) is 0 Å². The van der Waals surface area contributed by atoms with Crippen molar-refractivity contribution in [3.8, 4) is 0 Å². The minimum absolute atomic E-state index is 0.00628. The first-order valence-electron chi connectivity index (χ1n) is 11.3. The zero-order chi connectivity index (χ0) is 22.3. The Kier molecular flexibility index (Phi) is 7.49. The lowest BCUT2D eigenvalue weighted by Gasteiger charge is -2.32. The van der Waals surface area contributed by atoms with E-state index in [1.165, 1.54) is 6.92 Å². The Morgan fingerprint density at radius 3 is 2.72 bits per heavy atom. The first-order chi connectivity index (χ1) is 15.6. The largest absolute Gasteiger partial charge is 0.381 e. The van der Waals surface area contributed by atoms with Crippen LogP contribution in [-0.2, 0) is 20.7 Å². The van der Waals surface area contributed by atoms with Crippen LogP contribution in [-0.4, -0.2) is 65.9 Å². The number of benzene rings is 1. The highest BCUT2D eigenvalue weighted by molar-refractivity contribution is 5.95. The topological polar surface area (TPSA) is 107 Å². The number of anilines is 1. The third-order valence-corrected chi connectivity index (χ3v) is 5.85. The van der Waals surface area contributed by atoms with Gasteiger partial charge in [-0.15, -0.1) is 0 Å². The summed E-state index contributed by atoms with van der Waals surface area (Å²) in [5.41, 5.74) is 1.28. The summed E-state index contributed by atoms with van der Waals surface area (Å²) < 4.78 is 16.8. The number of piperidine rings is 1. The zero-order valence-corrected chi connectivity index (χ0v) is 18.4. The van der Waals surface area contributed by atoms with Gasteiger partial charge in [0.1, 0.15) is 0 Å². The standard InChI is InChI=1S/C23H30N4O5/c1-16(28)24-19-6-4-18(5-7-19)23(29)27-11-2-3-20(15-27)31-14-10-21-25-22(32-26-21)17-8-12-30-13-9-17/h4-7,17,20H,2-3,8-15H2,1H3,(H,24,28). The normalized spacial score (nSPS) is 19.7. The summed E-state index contributed by atoms with van der Waals surface area (Å²) in [7, 11) is 0. The molecule has 1 unspecified atom stereocenters. The predicted octanol–water partition coefficient (Wildman–Crippen LogP) is 2.79. The molecule has 4 rings (SSSR count). The minimum atomic E-state index is -0.138. The summed E-state index contributed by atoms with van der Waals surface area (Å²) in [5, 5.41) is 6.79. The highest BCUT2D eigenvalue weighted by Crippen LogP contribution is 2.25. The van der Waals surface area contributed by atoms with E-state index in [1.54, 1.807) is 24.3 Å². The molecule has 2 aromatic rings. The molecule has 0 aliphatic carbocycles. The number of hydrogen-bond donors (Lipinski definition) is 1. The fourth-order valence-electron chi connectivity index (χ4n) is 4.14. The number of hydrogen-bond acceptors (Lipinski definition) is 7. The second kappa shape index (κ2) is 10.7. The molecule has 2 saturated heterocycles. The molecule has 1 aromatic carbocycles. The van der Waals surface area contributed by atoms with Crippen molar-refractivity contribution < 1.29 is 23.6 Å². The number of nitrogens with one attached hydrogen (secondary N) is 1. The summed E-state index contributed by atoms with van der Waals surface area (Å²) >= 11 is 0. The number of nitrogens with zero attached hydrogens (tertiary/aromatic N) is 3. The van der Waals surface area contributed by atoms with Gasteiger partial charge in [0.15, 0.2) is 5.82 Å². The number of carbonyl (C=O) groups is 2. The molecule has 2 amide bonds. The molecule has 1 atom stereocenters. The lowest BCUT2D eigenvalue weighted by molar-refractivity contribution is -0.114. The number of amides is 2. The average Bonchev–Trinajstić information content (AvgIpc) is 3.28. The van der Waals surface area contributed by atoms with Crippen LogP contribution in [0.4, 0.5) is 5.69 Å². The second-order valence-corrected chi connectivity index (χ2v) is 8.33. The van der Waals surface area contributed by atoms with Crippen LogP contribution in [0.1, 0.15) is 60.6 Å². The van der Waals surface area contributed by atoms with E-state index in [-0.39, 0.29) is 23.8 Å². The van der Waals surface area contributed by atoms with E-state index < -0.39 is 0 Å². The van der Waals surface area contributed by atoms with Crippen LogP contribution < -0.4 is 5.32 Å². The first kappa shape index (κ1) is 22.4. The maximum atomic E-state index is 12.9. The van der Waals surface area contributed by atoms with E-state index in [9.17, 15) is 9.59 Å². The molecule has 2 aliphatic heterocycles. The Hall–Kier alpha value is -2.78. The van der Waals surface area contributed by atoms with E-state index in [4.69, 9.17) is 14.0 Å². The van der Waals surface area contributed by atoms with Gasteiger partial charge in [-0.05, 0) is 49.9 Å². The Morgan fingerprint density at radius 1 is 1.19 bits per heavy atom. The smallest absolute Gasteiger partial charge is 0.253 e. The van der Waals surface area contributed by atoms with Crippen LogP contribution in [0.5, 0.6) is 0 Å². The van der Waals surface area contributed by atoms with Crippen molar-refractivity contribution in [1.82, 2.24) is 15.0 Å². The van der Waals surface area contributed by atoms with Crippen molar-refractivity contribution in [3.05, 3.63) is 41.5 Å². The monoisotopic (exact) mass is 442 g/mol. The van der Waals surface area contributed by atoms with E-state index in [0.29, 0.717) is 49.1 Å². The summed E-state index contributed by atoms with van der Waals surface area (Å²) in [6, 6.07) is 6.97. The summed E-state index contributed by atoms with van der Waals surface area (Å²) in [4.78, 5) is 30.4. The molecule has 2 fully saturated rings. The van der Waals surface area contributed by atoms with Gasteiger partial charge in [0.2, 0.25) is 11.8 Å². The molecule has 0 saturated carbocycles. The molecule has 1 aromatic heterocycles. The fraction of sp³-hybridized carbons (Fsp3) is 0.565. The van der Waals surface area contributed by atoms with Gasteiger partial charge < -0.3 is 24.2 Å². The van der Waals surface area contributed by atoms with E-state index in [0.717, 1.165) is 38.9 Å². The van der Waals surface area contributed by atoms with E-state index in [1.807, 2.05) is 4.90 Å². The number of ether oxygens (including phenoxy) is 2. The highest BCUT2D eigenvalue weighted by atomic mass is 16.5. The van der Waals surface area contributed by atoms with Crippen molar-refractivity contribution in [2.24, 2.45) is 0 Å². The second-order valence-electron chi connectivity index (χ2n) is 8.33. The van der Waals surface area contributed by atoms with E-state index >= 15 is 0 Å². The molecule has 9 heteroatoms. The summed E-state index contributed by atoms with van der Waals surface area (Å²) in [6.07, 6.45) is 4.23. The van der Waals surface area contributed by atoms with Crippen molar-refractivity contribution in [1.29, 1.82) is 0 Å². The third-order valence-electron chi connectivity index (χ3n) is 5.85. The van der Waals surface area contributed by atoms with Crippen molar-refractivity contribution in [2.45, 2.75) is 51.0 Å². The van der Waals surface area contributed by atoms with Gasteiger partial charge in [-0.2, -0.15) is 4.98 Å². The molecule has 9 nitrogen and oxygen atoms in total. The highest BCUT2D eigenvalue weighted by Gasteiger charge is 2.26. The molecule has 1 N–H and O–H groups in total. The number of carbonyl (C=O) groups excluding carboxylic acids is 2.